The van der Waals surface area contributed by atoms with Crippen LogP contribution in [0.15, 0.2) is 12.1 Å². The van der Waals surface area contributed by atoms with E-state index in [2.05, 4.69) is 21.2 Å². The summed E-state index contributed by atoms with van der Waals surface area (Å²) in [7, 11) is 0. The van der Waals surface area contributed by atoms with E-state index in [9.17, 15) is 15.0 Å². The van der Waals surface area contributed by atoms with Crippen molar-refractivity contribution in [2.45, 2.75) is 42.0 Å². The monoisotopic (exact) mass is 351 g/mol. The van der Waals surface area contributed by atoms with Crippen LogP contribution in [0, 0.1) is 5.92 Å². The van der Waals surface area contributed by atoms with E-state index in [1.54, 1.807) is 6.07 Å². The van der Waals surface area contributed by atoms with Crippen molar-refractivity contribution in [3.63, 3.8) is 0 Å². The first-order valence-corrected chi connectivity index (χ1v) is 8.41. The summed E-state index contributed by atoms with van der Waals surface area (Å²) in [6.45, 7) is 0.838. The van der Waals surface area contributed by atoms with Crippen molar-refractivity contribution in [3.8, 4) is 11.5 Å². The minimum atomic E-state index is -0.387. The third kappa shape index (κ3) is 1.62. The second-order valence-electron chi connectivity index (χ2n) is 6.50. The maximum atomic E-state index is 12.3. The molecule has 2 aliphatic carbocycles. The molecule has 1 aromatic rings. The molecule has 3 aliphatic rings. The number of hydrogen-bond acceptors (Lipinski definition) is 4. The van der Waals surface area contributed by atoms with Crippen LogP contribution in [0.25, 0.3) is 0 Å². The van der Waals surface area contributed by atoms with Crippen LogP contribution in [0.4, 0.5) is 0 Å². The lowest BCUT2D eigenvalue weighted by Crippen LogP contribution is -2.64. The third-order valence-electron chi connectivity index (χ3n) is 5.68. The summed E-state index contributed by atoms with van der Waals surface area (Å²) in [5.41, 5.74) is 1.47. The lowest BCUT2D eigenvalue weighted by molar-refractivity contribution is -0.124. The highest BCUT2D eigenvalue weighted by Crippen LogP contribution is 2.58. The van der Waals surface area contributed by atoms with Gasteiger partial charge in [0.05, 0.1) is 4.83 Å². The van der Waals surface area contributed by atoms with Crippen molar-refractivity contribution < 1.29 is 15.0 Å². The van der Waals surface area contributed by atoms with E-state index >= 15 is 0 Å². The fraction of sp³-hybridized carbons (Fsp3) is 0.562. The summed E-state index contributed by atoms with van der Waals surface area (Å²) < 4.78 is 0. The molecule has 2 bridgehead atoms. The molecule has 1 saturated heterocycles. The van der Waals surface area contributed by atoms with Gasteiger partial charge in [0.15, 0.2) is 11.5 Å². The second-order valence-corrected chi connectivity index (χ2v) is 7.41. The number of benzene rings is 1. The van der Waals surface area contributed by atoms with E-state index in [-0.39, 0.29) is 27.5 Å². The van der Waals surface area contributed by atoms with Crippen LogP contribution >= 0.6 is 15.9 Å². The fourth-order valence-electron chi connectivity index (χ4n) is 4.84. The topological polar surface area (TPSA) is 69.6 Å². The molecule has 112 valence electrons. The number of aromatic hydroxyl groups is 2. The largest absolute Gasteiger partial charge is 0.504 e. The Hall–Kier alpha value is -1.07. The summed E-state index contributed by atoms with van der Waals surface area (Å²) in [5, 5.41) is 24.0. The summed E-state index contributed by atoms with van der Waals surface area (Å²) in [6.07, 6.45) is 3.10. The van der Waals surface area contributed by atoms with E-state index in [1.807, 2.05) is 6.07 Å². The van der Waals surface area contributed by atoms with Crippen LogP contribution in [0.5, 0.6) is 11.5 Å². The number of phenols is 2. The number of carbonyl (C=O) groups excluding carboxylic acids is 1. The van der Waals surface area contributed by atoms with Crippen molar-refractivity contribution in [1.82, 2.24) is 5.32 Å². The predicted molar refractivity (Wildman–Crippen MR) is 82.0 cm³/mol. The van der Waals surface area contributed by atoms with Gasteiger partial charge < -0.3 is 15.5 Å². The Balaban J connectivity index is 2.01. The maximum absolute atomic E-state index is 12.3. The van der Waals surface area contributed by atoms with E-state index in [0.29, 0.717) is 18.4 Å². The standard InChI is InChI=1S/C16H18BrNO3/c17-15-12(20)4-2-9-10-7-8-1-3-11(19)14(21)13(8)16(9,15)5-6-18-10/h1,3,9-10,15,18-19,21H,2,4-7H2. The van der Waals surface area contributed by atoms with Crippen LogP contribution in [0.1, 0.15) is 30.4 Å². The van der Waals surface area contributed by atoms with Crippen molar-refractivity contribution in [2.24, 2.45) is 5.92 Å². The zero-order chi connectivity index (χ0) is 14.8. The molecular formula is C16H18BrNO3. The number of nitrogens with one attached hydrogen (secondary N) is 1. The number of hydrogen-bond donors (Lipinski definition) is 3. The molecule has 4 atom stereocenters. The highest BCUT2D eigenvalue weighted by molar-refractivity contribution is 9.10. The van der Waals surface area contributed by atoms with Gasteiger partial charge in [0.25, 0.3) is 0 Å². The average Bonchev–Trinajstić information content (AvgIpc) is 2.46. The zero-order valence-corrected chi connectivity index (χ0v) is 13.2. The molecular weight excluding hydrogens is 334 g/mol. The molecule has 5 heteroatoms. The number of ketones is 1. The minimum Gasteiger partial charge on any atom is -0.504 e. The normalized spacial score (nSPS) is 37.8. The van der Waals surface area contributed by atoms with Crippen LogP contribution in [-0.2, 0) is 16.6 Å². The minimum absolute atomic E-state index is 0.0306. The van der Waals surface area contributed by atoms with E-state index in [4.69, 9.17) is 0 Å². The second kappa shape index (κ2) is 4.46. The summed E-state index contributed by atoms with van der Waals surface area (Å²) in [4.78, 5) is 12.1. The van der Waals surface area contributed by atoms with Crippen molar-refractivity contribution in [3.05, 3.63) is 23.3 Å². The maximum Gasteiger partial charge on any atom is 0.161 e. The Morgan fingerprint density at radius 2 is 2.14 bits per heavy atom. The molecule has 1 saturated carbocycles. The van der Waals surface area contributed by atoms with Gasteiger partial charge in [-0.3, -0.25) is 4.79 Å². The van der Waals surface area contributed by atoms with Crippen LogP contribution < -0.4 is 5.32 Å². The van der Waals surface area contributed by atoms with Crippen molar-refractivity contribution >= 4 is 21.7 Å². The van der Waals surface area contributed by atoms with E-state index < -0.39 is 0 Å². The first-order chi connectivity index (χ1) is 10.1. The molecule has 4 rings (SSSR count). The Labute approximate surface area is 131 Å². The lowest BCUT2D eigenvalue weighted by atomic mass is 9.52. The summed E-state index contributed by atoms with van der Waals surface area (Å²) in [6, 6.07) is 3.79. The Kier molecular flexibility index (Phi) is 2.89. The number of fused-ring (bicyclic) bond motifs is 1. The number of piperidine rings is 1. The predicted octanol–water partition coefficient (Wildman–Crippen LogP) is 2.00. The number of carbonyl (C=O) groups is 1. The van der Waals surface area contributed by atoms with Crippen LogP contribution in [0.3, 0.4) is 0 Å². The highest BCUT2D eigenvalue weighted by Gasteiger charge is 2.59. The molecule has 0 amide bonds. The highest BCUT2D eigenvalue weighted by atomic mass is 79.9. The molecule has 3 N–H and O–H groups in total. The smallest absolute Gasteiger partial charge is 0.161 e. The Morgan fingerprint density at radius 1 is 1.33 bits per heavy atom. The molecule has 21 heavy (non-hydrogen) atoms. The van der Waals surface area contributed by atoms with Gasteiger partial charge in [0.2, 0.25) is 0 Å². The van der Waals surface area contributed by atoms with Crippen LogP contribution in [-0.4, -0.2) is 33.4 Å². The number of Topliss-reactive ketones (excluding diaryl/α,β-unsaturated/α-hetero) is 1. The fourth-order valence-corrected chi connectivity index (χ4v) is 5.86. The van der Waals surface area contributed by atoms with Crippen molar-refractivity contribution in [1.29, 1.82) is 0 Å². The third-order valence-corrected chi connectivity index (χ3v) is 7.01. The van der Waals surface area contributed by atoms with Crippen molar-refractivity contribution in [2.75, 3.05) is 6.54 Å². The quantitative estimate of drug-likeness (QED) is 0.494. The first kappa shape index (κ1) is 13.6. The molecule has 0 spiro atoms. The molecule has 2 fully saturated rings. The summed E-state index contributed by atoms with van der Waals surface area (Å²) >= 11 is 3.63. The van der Waals surface area contributed by atoms with Gasteiger partial charge in [-0.15, -0.1) is 0 Å². The molecule has 1 aliphatic heterocycles. The van der Waals surface area contributed by atoms with Gasteiger partial charge >= 0.3 is 0 Å². The first-order valence-electron chi connectivity index (χ1n) is 7.50. The van der Waals surface area contributed by atoms with Gasteiger partial charge in [-0.2, -0.15) is 0 Å². The Morgan fingerprint density at radius 3 is 2.95 bits per heavy atom. The van der Waals surface area contributed by atoms with Crippen LogP contribution in [0.2, 0.25) is 0 Å². The van der Waals surface area contributed by atoms with E-state index in [0.717, 1.165) is 36.9 Å². The molecule has 1 heterocycles. The van der Waals surface area contributed by atoms with Gasteiger partial charge in [-0.1, -0.05) is 22.0 Å². The number of halogens is 1. The zero-order valence-electron chi connectivity index (χ0n) is 11.6. The van der Waals surface area contributed by atoms with Gasteiger partial charge in [0, 0.05) is 23.4 Å². The lowest BCUT2D eigenvalue weighted by Gasteiger charge is -2.57. The molecule has 0 aromatic heterocycles. The molecule has 4 unspecified atom stereocenters. The van der Waals surface area contributed by atoms with Gasteiger partial charge in [-0.25, -0.2) is 0 Å². The number of phenolic OH excluding ortho intramolecular Hbond substituents is 2. The molecule has 4 nitrogen and oxygen atoms in total. The van der Waals surface area contributed by atoms with E-state index in [1.165, 1.54) is 0 Å². The summed E-state index contributed by atoms with van der Waals surface area (Å²) in [5.74, 6) is 0.421. The molecule has 1 aromatic carbocycles. The van der Waals surface area contributed by atoms with Gasteiger partial charge in [0.1, 0.15) is 5.78 Å². The van der Waals surface area contributed by atoms with Gasteiger partial charge in [-0.05, 0) is 43.4 Å². The number of alkyl halides is 1. The molecule has 0 radical (unpaired) electrons. The SMILES string of the molecule is O=C1CCC2C3Cc4ccc(O)c(O)c4C2(CCN3)C1Br. The Bertz CT molecular complexity index is 632. The number of rotatable bonds is 0. The average molecular weight is 352 g/mol.